The maximum atomic E-state index is 9.86. The molecule has 1 heterocycles. The third kappa shape index (κ3) is 1.77. The summed E-state index contributed by atoms with van der Waals surface area (Å²) in [6.45, 7) is 0.347. The molecule has 1 aromatic carbocycles. The van der Waals surface area contributed by atoms with Crippen molar-refractivity contribution in [3.8, 4) is 17.2 Å². The molecule has 0 amide bonds. The number of benzene rings is 1. The van der Waals surface area contributed by atoms with Crippen LogP contribution in [0.2, 0.25) is 5.02 Å². The number of ether oxygens (including phenoxy) is 2. The minimum absolute atomic E-state index is 0.0530. The first-order chi connectivity index (χ1) is 7.65. The number of aromatic hydroxyl groups is 1. The molecule has 88 valence electrons. The molecule has 1 aliphatic heterocycles. The molecular weight excluding hydrogens is 234 g/mol. The molecule has 5 nitrogen and oxygen atoms in total. The van der Waals surface area contributed by atoms with E-state index in [1.807, 2.05) is 0 Å². The van der Waals surface area contributed by atoms with E-state index in [0.717, 1.165) is 0 Å². The largest absolute Gasteiger partial charge is 0.506 e. The van der Waals surface area contributed by atoms with E-state index in [-0.39, 0.29) is 23.1 Å². The van der Waals surface area contributed by atoms with E-state index in [4.69, 9.17) is 26.8 Å². The first-order valence-corrected chi connectivity index (χ1v) is 5.22. The van der Waals surface area contributed by atoms with Gasteiger partial charge in [0.1, 0.15) is 5.75 Å². The summed E-state index contributed by atoms with van der Waals surface area (Å²) >= 11 is 5.81. The van der Waals surface area contributed by atoms with Crippen LogP contribution in [-0.2, 0) is 0 Å². The molecule has 0 aliphatic carbocycles. The SMILES string of the molecule is NCCC(O)c1c(O)c(Cl)cc2c1OCO2. The molecule has 0 aromatic heterocycles. The van der Waals surface area contributed by atoms with Gasteiger partial charge in [-0.1, -0.05) is 11.6 Å². The average molecular weight is 246 g/mol. The number of hydrogen-bond donors (Lipinski definition) is 3. The van der Waals surface area contributed by atoms with Crippen LogP contribution in [0.1, 0.15) is 18.1 Å². The number of rotatable bonds is 3. The van der Waals surface area contributed by atoms with Crippen LogP contribution >= 0.6 is 11.6 Å². The fourth-order valence-corrected chi connectivity index (χ4v) is 1.84. The van der Waals surface area contributed by atoms with Gasteiger partial charge in [-0.05, 0) is 13.0 Å². The van der Waals surface area contributed by atoms with Crippen LogP contribution in [0, 0.1) is 0 Å². The third-order valence-electron chi connectivity index (χ3n) is 2.40. The zero-order chi connectivity index (χ0) is 11.7. The molecule has 0 spiro atoms. The first kappa shape index (κ1) is 11.3. The first-order valence-electron chi connectivity index (χ1n) is 4.84. The van der Waals surface area contributed by atoms with E-state index in [1.165, 1.54) is 6.07 Å². The number of phenols is 1. The summed E-state index contributed by atoms with van der Waals surface area (Å²) in [6, 6.07) is 1.46. The van der Waals surface area contributed by atoms with Gasteiger partial charge in [-0.3, -0.25) is 0 Å². The second kappa shape index (κ2) is 4.37. The summed E-state index contributed by atoms with van der Waals surface area (Å²) in [4.78, 5) is 0. The highest BCUT2D eigenvalue weighted by atomic mass is 35.5. The molecule has 0 bridgehead atoms. The Morgan fingerprint density at radius 1 is 1.50 bits per heavy atom. The van der Waals surface area contributed by atoms with Gasteiger partial charge in [0.25, 0.3) is 0 Å². The Kier molecular flexibility index (Phi) is 3.09. The van der Waals surface area contributed by atoms with Crippen molar-refractivity contribution in [1.82, 2.24) is 0 Å². The van der Waals surface area contributed by atoms with Gasteiger partial charge in [0.2, 0.25) is 6.79 Å². The summed E-state index contributed by atoms with van der Waals surface area (Å²) in [5.74, 6) is 0.573. The topological polar surface area (TPSA) is 84.9 Å². The molecule has 1 atom stereocenters. The van der Waals surface area contributed by atoms with E-state index >= 15 is 0 Å². The molecule has 1 aliphatic rings. The Hall–Kier alpha value is -1.17. The summed E-state index contributed by atoms with van der Waals surface area (Å²) in [5.41, 5.74) is 5.59. The Morgan fingerprint density at radius 3 is 2.94 bits per heavy atom. The van der Waals surface area contributed by atoms with Gasteiger partial charge in [0.05, 0.1) is 16.7 Å². The Balaban J connectivity index is 2.49. The van der Waals surface area contributed by atoms with E-state index < -0.39 is 6.10 Å². The highest BCUT2D eigenvalue weighted by Gasteiger charge is 2.27. The van der Waals surface area contributed by atoms with Gasteiger partial charge in [-0.15, -0.1) is 0 Å². The van der Waals surface area contributed by atoms with E-state index in [1.54, 1.807) is 0 Å². The van der Waals surface area contributed by atoms with Crippen molar-refractivity contribution >= 4 is 11.6 Å². The van der Waals surface area contributed by atoms with Gasteiger partial charge in [0.15, 0.2) is 11.5 Å². The number of hydrogen-bond acceptors (Lipinski definition) is 5. The normalized spacial score (nSPS) is 15.2. The lowest BCUT2D eigenvalue weighted by Crippen LogP contribution is -2.08. The van der Waals surface area contributed by atoms with Crippen molar-refractivity contribution in [3.05, 3.63) is 16.7 Å². The standard InChI is InChI=1S/C10H12ClNO4/c11-5-3-7-10(16-4-15-7)8(9(5)14)6(13)1-2-12/h3,6,13-14H,1-2,4,12H2. The fraction of sp³-hybridized carbons (Fsp3) is 0.400. The monoisotopic (exact) mass is 245 g/mol. The van der Waals surface area contributed by atoms with Crippen LogP contribution in [-0.4, -0.2) is 23.6 Å². The molecule has 2 rings (SSSR count). The Morgan fingerprint density at radius 2 is 2.25 bits per heavy atom. The molecule has 1 unspecified atom stereocenters. The van der Waals surface area contributed by atoms with Crippen LogP contribution in [0.15, 0.2) is 6.07 Å². The molecule has 0 fully saturated rings. The number of aliphatic hydroxyl groups excluding tert-OH is 1. The molecule has 0 saturated heterocycles. The molecule has 16 heavy (non-hydrogen) atoms. The molecule has 1 aromatic rings. The fourth-order valence-electron chi connectivity index (χ4n) is 1.64. The number of aliphatic hydroxyl groups is 1. The second-order valence-corrected chi connectivity index (χ2v) is 3.85. The molecule has 0 saturated carbocycles. The zero-order valence-electron chi connectivity index (χ0n) is 8.44. The van der Waals surface area contributed by atoms with Crippen LogP contribution < -0.4 is 15.2 Å². The minimum atomic E-state index is -0.917. The second-order valence-electron chi connectivity index (χ2n) is 3.45. The van der Waals surface area contributed by atoms with Crippen molar-refractivity contribution in [2.24, 2.45) is 5.73 Å². The van der Waals surface area contributed by atoms with Gasteiger partial charge < -0.3 is 25.4 Å². The molecule has 0 radical (unpaired) electrons. The number of halogens is 1. The number of phenolic OH excluding ortho intramolecular Hbond substituents is 1. The van der Waals surface area contributed by atoms with Gasteiger partial charge >= 0.3 is 0 Å². The summed E-state index contributed by atoms with van der Waals surface area (Å²) < 4.78 is 10.3. The maximum absolute atomic E-state index is 9.86. The maximum Gasteiger partial charge on any atom is 0.231 e. The van der Waals surface area contributed by atoms with Crippen molar-refractivity contribution < 1.29 is 19.7 Å². The predicted octanol–water partition coefficient (Wildman–Crippen LogP) is 1.16. The van der Waals surface area contributed by atoms with Crippen molar-refractivity contribution in [2.45, 2.75) is 12.5 Å². The van der Waals surface area contributed by atoms with Crippen molar-refractivity contribution in [3.63, 3.8) is 0 Å². The Labute approximate surface area is 97.3 Å². The van der Waals surface area contributed by atoms with Crippen LogP contribution in [0.3, 0.4) is 0 Å². The molecule has 4 N–H and O–H groups in total. The van der Waals surface area contributed by atoms with Crippen LogP contribution in [0.4, 0.5) is 0 Å². The smallest absolute Gasteiger partial charge is 0.231 e. The summed E-state index contributed by atoms with van der Waals surface area (Å²) in [5, 5.41) is 19.8. The van der Waals surface area contributed by atoms with Crippen molar-refractivity contribution in [2.75, 3.05) is 13.3 Å². The third-order valence-corrected chi connectivity index (χ3v) is 2.69. The van der Waals surface area contributed by atoms with Gasteiger partial charge in [-0.2, -0.15) is 0 Å². The average Bonchev–Trinajstić information content (AvgIpc) is 2.67. The number of nitrogens with two attached hydrogens (primary N) is 1. The lowest BCUT2D eigenvalue weighted by molar-refractivity contribution is 0.151. The molecular formula is C10H12ClNO4. The number of fused-ring (bicyclic) bond motifs is 1. The Bertz CT molecular complexity index is 410. The lowest BCUT2D eigenvalue weighted by atomic mass is 10.0. The van der Waals surface area contributed by atoms with Gasteiger partial charge in [0, 0.05) is 6.07 Å². The van der Waals surface area contributed by atoms with E-state index in [0.29, 0.717) is 24.5 Å². The summed E-state index contributed by atoms with van der Waals surface area (Å²) in [6.07, 6.45) is -0.608. The zero-order valence-corrected chi connectivity index (χ0v) is 9.20. The summed E-state index contributed by atoms with van der Waals surface area (Å²) in [7, 11) is 0. The van der Waals surface area contributed by atoms with Crippen LogP contribution in [0.5, 0.6) is 17.2 Å². The lowest BCUT2D eigenvalue weighted by Gasteiger charge is -2.14. The highest BCUT2D eigenvalue weighted by Crippen LogP contribution is 2.47. The highest BCUT2D eigenvalue weighted by molar-refractivity contribution is 6.32. The predicted molar refractivity (Wildman–Crippen MR) is 57.9 cm³/mol. The van der Waals surface area contributed by atoms with E-state index in [2.05, 4.69) is 0 Å². The minimum Gasteiger partial charge on any atom is -0.506 e. The molecule has 6 heteroatoms. The van der Waals surface area contributed by atoms with Crippen LogP contribution in [0.25, 0.3) is 0 Å². The quantitative estimate of drug-likeness (QED) is 0.744. The van der Waals surface area contributed by atoms with Crippen molar-refractivity contribution in [1.29, 1.82) is 0 Å². The van der Waals surface area contributed by atoms with Gasteiger partial charge in [-0.25, -0.2) is 0 Å². The van der Waals surface area contributed by atoms with E-state index in [9.17, 15) is 10.2 Å².